The van der Waals surface area contributed by atoms with Crippen molar-refractivity contribution in [3.63, 3.8) is 0 Å². The Morgan fingerprint density at radius 1 is 1.19 bits per heavy atom. The summed E-state index contributed by atoms with van der Waals surface area (Å²) in [6, 6.07) is 8.75. The summed E-state index contributed by atoms with van der Waals surface area (Å²) < 4.78 is 37.8. The van der Waals surface area contributed by atoms with Gasteiger partial charge >= 0.3 is 0 Å². The summed E-state index contributed by atoms with van der Waals surface area (Å²) in [6.07, 6.45) is -0.0235. The van der Waals surface area contributed by atoms with Crippen molar-refractivity contribution in [2.75, 3.05) is 43.6 Å². The zero-order valence-electron chi connectivity index (χ0n) is 14.4. The van der Waals surface area contributed by atoms with Crippen LogP contribution in [0.2, 0.25) is 0 Å². The molecule has 0 unspecified atom stereocenters. The minimum Gasteiger partial charge on any atom is -0.494 e. The molecule has 1 heterocycles. The number of rotatable bonds is 5. The van der Waals surface area contributed by atoms with Crippen LogP contribution in [0.15, 0.2) is 36.4 Å². The lowest BCUT2D eigenvalue weighted by Crippen LogP contribution is -2.36. The fourth-order valence-corrected chi connectivity index (χ4v) is 2.86. The first kappa shape index (κ1) is 18.1. The molecule has 26 heavy (non-hydrogen) atoms. The van der Waals surface area contributed by atoms with Crippen LogP contribution in [0.25, 0.3) is 0 Å². The van der Waals surface area contributed by atoms with Crippen LogP contribution in [0.3, 0.4) is 0 Å². The van der Waals surface area contributed by atoms with Gasteiger partial charge in [-0.25, -0.2) is 8.78 Å². The molecule has 0 spiro atoms. The molecule has 138 valence electrons. The van der Waals surface area contributed by atoms with Gasteiger partial charge in [-0.3, -0.25) is 4.79 Å². The smallest absolute Gasteiger partial charge is 0.228 e. The van der Waals surface area contributed by atoms with Gasteiger partial charge in [0, 0.05) is 24.5 Å². The number of carbonyl (C=O) groups is 1. The fraction of sp³-hybridized carbons (Fsp3) is 0.316. The quantitative estimate of drug-likeness (QED) is 0.889. The molecule has 0 aromatic heterocycles. The second-order valence-electron chi connectivity index (χ2n) is 5.99. The van der Waals surface area contributed by atoms with E-state index in [0.717, 1.165) is 0 Å². The van der Waals surface area contributed by atoms with E-state index in [2.05, 4.69) is 5.32 Å². The first-order valence-corrected chi connectivity index (χ1v) is 8.31. The predicted molar refractivity (Wildman–Crippen MR) is 94.7 cm³/mol. The second kappa shape index (κ2) is 8.14. The van der Waals surface area contributed by atoms with Crippen LogP contribution in [0.1, 0.15) is 5.56 Å². The van der Waals surface area contributed by atoms with E-state index in [1.807, 2.05) is 4.90 Å². The van der Waals surface area contributed by atoms with Crippen LogP contribution in [-0.2, 0) is 16.0 Å². The summed E-state index contributed by atoms with van der Waals surface area (Å²) >= 11 is 0. The molecule has 2 aromatic rings. The molecule has 0 radical (unpaired) electrons. The average molecular weight is 362 g/mol. The van der Waals surface area contributed by atoms with E-state index in [1.165, 1.54) is 31.4 Å². The van der Waals surface area contributed by atoms with Crippen LogP contribution in [0.5, 0.6) is 5.75 Å². The normalized spacial score (nSPS) is 14.2. The van der Waals surface area contributed by atoms with Gasteiger partial charge in [-0.1, -0.05) is 6.07 Å². The highest BCUT2D eigenvalue weighted by molar-refractivity contribution is 5.92. The molecule has 1 aliphatic heterocycles. The minimum absolute atomic E-state index is 0.0235. The number of ether oxygens (including phenoxy) is 2. The SMILES string of the molecule is COc1ccc(CC(=O)Nc2cc(F)cc(N3CCOCC3)c2)cc1F. The van der Waals surface area contributed by atoms with Crippen molar-refractivity contribution in [1.82, 2.24) is 0 Å². The highest BCUT2D eigenvalue weighted by atomic mass is 19.1. The number of hydrogen-bond acceptors (Lipinski definition) is 4. The zero-order valence-corrected chi connectivity index (χ0v) is 14.4. The van der Waals surface area contributed by atoms with E-state index in [1.54, 1.807) is 12.1 Å². The van der Waals surface area contributed by atoms with E-state index in [0.29, 0.717) is 43.2 Å². The molecule has 0 aliphatic carbocycles. The van der Waals surface area contributed by atoms with Gasteiger partial charge in [-0.05, 0) is 35.9 Å². The number of anilines is 2. The summed E-state index contributed by atoms with van der Waals surface area (Å²) in [5, 5.41) is 2.67. The fourth-order valence-electron chi connectivity index (χ4n) is 2.86. The van der Waals surface area contributed by atoms with E-state index in [-0.39, 0.29) is 18.1 Å². The topological polar surface area (TPSA) is 50.8 Å². The Hall–Kier alpha value is -2.67. The molecule has 1 aliphatic rings. The average Bonchev–Trinajstić information content (AvgIpc) is 2.62. The van der Waals surface area contributed by atoms with E-state index in [9.17, 15) is 13.6 Å². The number of carbonyl (C=O) groups excluding carboxylic acids is 1. The van der Waals surface area contributed by atoms with Crippen molar-refractivity contribution in [2.45, 2.75) is 6.42 Å². The van der Waals surface area contributed by atoms with Crippen LogP contribution < -0.4 is 15.0 Å². The van der Waals surface area contributed by atoms with Crippen molar-refractivity contribution >= 4 is 17.3 Å². The van der Waals surface area contributed by atoms with Crippen molar-refractivity contribution in [3.8, 4) is 5.75 Å². The number of nitrogens with one attached hydrogen (secondary N) is 1. The maximum absolute atomic E-state index is 13.9. The molecular weight excluding hydrogens is 342 g/mol. The summed E-state index contributed by atoms with van der Waals surface area (Å²) in [6.45, 7) is 2.51. The largest absolute Gasteiger partial charge is 0.494 e. The Bertz CT molecular complexity index is 792. The lowest BCUT2D eigenvalue weighted by molar-refractivity contribution is -0.115. The zero-order chi connectivity index (χ0) is 18.5. The summed E-state index contributed by atoms with van der Waals surface area (Å²) in [4.78, 5) is 14.2. The number of methoxy groups -OCH3 is 1. The van der Waals surface area contributed by atoms with Gasteiger partial charge in [-0.15, -0.1) is 0 Å². The van der Waals surface area contributed by atoms with Gasteiger partial charge in [0.2, 0.25) is 5.91 Å². The summed E-state index contributed by atoms with van der Waals surface area (Å²) in [5.74, 6) is -1.19. The van der Waals surface area contributed by atoms with Crippen molar-refractivity contribution in [3.05, 3.63) is 53.6 Å². The molecule has 1 N–H and O–H groups in total. The lowest BCUT2D eigenvalue weighted by atomic mass is 10.1. The number of morpholine rings is 1. The highest BCUT2D eigenvalue weighted by Gasteiger charge is 2.14. The number of benzene rings is 2. The van der Waals surface area contributed by atoms with Crippen molar-refractivity contribution in [2.24, 2.45) is 0 Å². The molecule has 0 bridgehead atoms. The summed E-state index contributed by atoms with van der Waals surface area (Å²) in [5.41, 5.74) is 1.56. The molecule has 0 saturated carbocycles. The Morgan fingerprint density at radius 2 is 1.96 bits per heavy atom. The number of hydrogen-bond donors (Lipinski definition) is 1. The van der Waals surface area contributed by atoms with Crippen LogP contribution in [0, 0.1) is 11.6 Å². The summed E-state index contributed by atoms with van der Waals surface area (Å²) in [7, 11) is 1.38. The van der Waals surface area contributed by atoms with Crippen LogP contribution >= 0.6 is 0 Å². The van der Waals surface area contributed by atoms with Gasteiger partial charge in [0.05, 0.1) is 26.7 Å². The van der Waals surface area contributed by atoms with Gasteiger partial charge in [0.1, 0.15) is 5.82 Å². The van der Waals surface area contributed by atoms with Crippen molar-refractivity contribution < 1.29 is 23.0 Å². The Labute approximate surface area is 150 Å². The first-order valence-electron chi connectivity index (χ1n) is 8.31. The molecule has 2 aromatic carbocycles. The maximum atomic E-state index is 13.9. The Kier molecular flexibility index (Phi) is 5.68. The number of amides is 1. The number of halogens is 2. The van der Waals surface area contributed by atoms with Gasteiger partial charge in [-0.2, -0.15) is 0 Å². The highest BCUT2D eigenvalue weighted by Crippen LogP contribution is 2.23. The molecular formula is C19H20F2N2O3. The standard InChI is InChI=1S/C19H20F2N2O3/c1-25-18-3-2-13(8-17(18)21)9-19(24)22-15-10-14(20)11-16(12-15)23-4-6-26-7-5-23/h2-3,8,10-12H,4-7,9H2,1H3,(H,22,24). The monoisotopic (exact) mass is 362 g/mol. The van der Waals surface area contributed by atoms with Crippen LogP contribution in [0.4, 0.5) is 20.2 Å². The van der Waals surface area contributed by atoms with Gasteiger partial charge in [0.15, 0.2) is 11.6 Å². The van der Waals surface area contributed by atoms with E-state index in [4.69, 9.17) is 9.47 Å². The maximum Gasteiger partial charge on any atom is 0.228 e. The lowest BCUT2D eigenvalue weighted by Gasteiger charge is -2.29. The third kappa shape index (κ3) is 4.49. The van der Waals surface area contributed by atoms with E-state index < -0.39 is 11.6 Å². The van der Waals surface area contributed by atoms with Crippen molar-refractivity contribution in [1.29, 1.82) is 0 Å². The second-order valence-corrected chi connectivity index (χ2v) is 5.99. The molecule has 3 rings (SSSR count). The molecule has 7 heteroatoms. The third-order valence-corrected chi connectivity index (χ3v) is 4.12. The molecule has 1 amide bonds. The third-order valence-electron chi connectivity index (χ3n) is 4.12. The molecule has 1 fully saturated rings. The minimum atomic E-state index is -0.529. The first-order chi connectivity index (χ1) is 12.5. The Morgan fingerprint density at radius 3 is 2.65 bits per heavy atom. The van der Waals surface area contributed by atoms with Crippen LogP contribution in [-0.4, -0.2) is 39.3 Å². The molecule has 1 saturated heterocycles. The molecule has 5 nitrogen and oxygen atoms in total. The predicted octanol–water partition coefficient (Wildman–Crippen LogP) is 2.99. The Balaban J connectivity index is 1.68. The van der Waals surface area contributed by atoms with Gasteiger partial charge in [0.25, 0.3) is 0 Å². The van der Waals surface area contributed by atoms with E-state index >= 15 is 0 Å². The number of nitrogens with zero attached hydrogens (tertiary/aromatic N) is 1. The van der Waals surface area contributed by atoms with Gasteiger partial charge < -0.3 is 19.7 Å². The molecule has 0 atom stereocenters.